The fourth-order valence-electron chi connectivity index (χ4n) is 2.40. The number of amidine groups is 1. The number of nitrogens with zero attached hydrogens (tertiary/aromatic N) is 2. The lowest BCUT2D eigenvalue weighted by atomic mass is 10.1. The van der Waals surface area contributed by atoms with E-state index in [1.807, 2.05) is 0 Å². The van der Waals surface area contributed by atoms with E-state index in [2.05, 4.69) is 22.2 Å². The number of piperazine rings is 1. The van der Waals surface area contributed by atoms with Gasteiger partial charge in [-0.1, -0.05) is 0 Å². The second kappa shape index (κ2) is 6.58. The minimum Gasteiger partial charge on any atom is -0.465 e. The molecule has 1 saturated heterocycles. The first-order valence-electron chi connectivity index (χ1n) is 6.99. The highest BCUT2D eigenvalue weighted by atomic mass is 16.5. The van der Waals surface area contributed by atoms with Crippen molar-refractivity contribution < 1.29 is 9.53 Å². The molecule has 0 aliphatic carbocycles. The summed E-state index contributed by atoms with van der Waals surface area (Å²) in [5.74, 6) is 0.119. The summed E-state index contributed by atoms with van der Waals surface area (Å²) >= 11 is 0. The molecule has 0 atom stereocenters. The van der Waals surface area contributed by atoms with Crippen LogP contribution in [0.1, 0.15) is 15.9 Å². The summed E-state index contributed by atoms with van der Waals surface area (Å²) in [6.45, 7) is 3.60. The molecule has 2 N–H and O–H groups in total. The maximum atomic E-state index is 11.6. The van der Waals surface area contributed by atoms with Crippen molar-refractivity contribution in [2.75, 3.05) is 52.7 Å². The number of nitrogens with one attached hydrogen (secondary N) is 2. The number of likely N-dealkylation sites (N-methyl/N-ethyl adjacent to an activating group) is 1. The van der Waals surface area contributed by atoms with Gasteiger partial charge in [-0.2, -0.15) is 0 Å². The Morgan fingerprint density at radius 2 is 1.95 bits per heavy atom. The Balaban J connectivity index is 2.22. The molecular weight excluding hydrogens is 268 g/mol. The first kappa shape index (κ1) is 15.3. The van der Waals surface area contributed by atoms with E-state index >= 15 is 0 Å². The van der Waals surface area contributed by atoms with E-state index in [0.717, 1.165) is 37.4 Å². The van der Waals surface area contributed by atoms with Crippen molar-refractivity contribution in [2.24, 2.45) is 0 Å². The second-order valence-electron chi connectivity index (χ2n) is 5.14. The number of hydrogen-bond donors (Lipinski definition) is 2. The lowest BCUT2D eigenvalue weighted by Crippen LogP contribution is -2.47. The molecular formula is C15H22N4O2. The van der Waals surface area contributed by atoms with E-state index < -0.39 is 0 Å². The average molecular weight is 290 g/mol. The van der Waals surface area contributed by atoms with Crippen molar-refractivity contribution in [3.05, 3.63) is 29.3 Å². The van der Waals surface area contributed by atoms with Gasteiger partial charge in [0.1, 0.15) is 5.84 Å². The van der Waals surface area contributed by atoms with Crippen LogP contribution in [0.25, 0.3) is 0 Å². The van der Waals surface area contributed by atoms with Crippen LogP contribution in [-0.2, 0) is 4.74 Å². The van der Waals surface area contributed by atoms with Crippen molar-refractivity contribution >= 4 is 17.5 Å². The van der Waals surface area contributed by atoms with Gasteiger partial charge in [-0.25, -0.2) is 4.79 Å². The molecule has 1 aromatic carbocycles. The van der Waals surface area contributed by atoms with Crippen LogP contribution in [0.3, 0.4) is 0 Å². The monoisotopic (exact) mass is 290 g/mol. The smallest absolute Gasteiger partial charge is 0.337 e. The van der Waals surface area contributed by atoms with Gasteiger partial charge in [0, 0.05) is 44.5 Å². The van der Waals surface area contributed by atoms with Crippen LogP contribution in [-0.4, -0.2) is 69.0 Å². The Labute approximate surface area is 125 Å². The van der Waals surface area contributed by atoms with Gasteiger partial charge in [-0.3, -0.25) is 5.41 Å². The van der Waals surface area contributed by atoms with E-state index in [1.54, 1.807) is 25.2 Å². The van der Waals surface area contributed by atoms with Gasteiger partial charge >= 0.3 is 5.97 Å². The fraction of sp³-hybridized carbons (Fsp3) is 0.467. The zero-order chi connectivity index (χ0) is 15.4. The number of methoxy groups -OCH3 is 1. The van der Waals surface area contributed by atoms with E-state index in [1.165, 1.54) is 7.11 Å². The summed E-state index contributed by atoms with van der Waals surface area (Å²) in [4.78, 5) is 15.9. The number of carbonyl (C=O) groups excluding carboxylic acids is 1. The van der Waals surface area contributed by atoms with Gasteiger partial charge in [0.25, 0.3) is 0 Å². The zero-order valence-corrected chi connectivity index (χ0v) is 12.8. The van der Waals surface area contributed by atoms with Crippen LogP contribution in [0.4, 0.5) is 5.69 Å². The predicted octanol–water partition coefficient (Wildman–Crippen LogP) is 1.09. The quantitative estimate of drug-likeness (QED) is 0.495. The van der Waals surface area contributed by atoms with Crippen LogP contribution < -0.4 is 5.32 Å². The normalized spacial score (nSPS) is 15.7. The van der Waals surface area contributed by atoms with Crippen molar-refractivity contribution in [1.82, 2.24) is 9.80 Å². The molecule has 1 heterocycles. The summed E-state index contributed by atoms with van der Waals surface area (Å²) in [5.41, 5.74) is 2.05. The third-order valence-electron chi connectivity index (χ3n) is 3.78. The van der Waals surface area contributed by atoms with E-state index in [9.17, 15) is 4.79 Å². The summed E-state index contributed by atoms with van der Waals surface area (Å²) in [6.07, 6.45) is 0. The molecule has 6 nitrogen and oxygen atoms in total. The minimum atomic E-state index is -0.371. The molecule has 1 aliphatic heterocycles. The Bertz CT molecular complexity index is 536. The Morgan fingerprint density at radius 3 is 2.52 bits per heavy atom. The summed E-state index contributed by atoms with van der Waals surface area (Å²) in [5, 5.41) is 11.5. The highest BCUT2D eigenvalue weighted by Gasteiger charge is 2.20. The van der Waals surface area contributed by atoms with Gasteiger partial charge < -0.3 is 19.9 Å². The summed E-state index contributed by atoms with van der Waals surface area (Å²) < 4.78 is 4.73. The Morgan fingerprint density at radius 1 is 1.29 bits per heavy atom. The number of hydrogen-bond acceptors (Lipinski definition) is 5. The first-order valence-corrected chi connectivity index (χ1v) is 6.99. The number of esters is 1. The molecule has 21 heavy (non-hydrogen) atoms. The molecule has 114 valence electrons. The summed E-state index contributed by atoms with van der Waals surface area (Å²) in [7, 11) is 5.24. The molecule has 0 aromatic heterocycles. The molecule has 2 rings (SSSR count). The molecule has 6 heteroatoms. The lowest BCUT2D eigenvalue weighted by molar-refractivity contribution is 0.0601. The van der Waals surface area contributed by atoms with E-state index in [4.69, 9.17) is 10.1 Å². The van der Waals surface area contributed by atoms with Crippen LogP contribution in [0.15, 0.2) is 18.2 Å². The molecule has 0 radical (unpaired) electrons. The SMILES string of the molecule is CNc1cc(C(=O)OC)ccc1C(=N)N1CCN(C)CC1. The number of ether oxygens (including phenoxy) is 1. The Hall–Kier alpha value is -2.08. The van der Waals surface area contributed by atoms with Crippen molar-refractivity contribution in [2.45, 2.75) is 0 Å². The number of anilines is 1. The average Bonchev–Trinajstić information content (AvgIpc) is 2.53. The van der Waals surface area contributed by atoms with Crippen LogP contribution in [0.2, 0.25) is 0 Å². The second-order valence-corrected chi connectivity index (χ2v) is 5.14. The molecule has 0 saturated carbocycles. The van der Waals surface area contributed by atoms with E-state index in [0.29, 0.717) is 11.4 Å². The maximum absolute atomic E-state index is 11.6. The van der Waals surface area contributed by atoms with Crippen molar-refractivity contribution in [3.8, 4) is 0 Å². The van der Waals surface area contributed by atoms with Gasteiger partial charge in [-0.05, 0) is 25.2 Å². The van der Waals surface area contributed by atoms with Crippen LogP contribution in [0.5, 0.6) is 0 Å². The third-order valence-corrected chi connectivity index (χ3v) is 3.78. The summed E-state index contributed by atoms with van der Waals surface area (Å²) in [6, 6.07) is 5.23. The molecule has 0 bridgehead atoms. The first-order chi connectivity index (χ1) is 10.1. The molecule has 0 amide bonds. The standard InChI is InChI=1S/C15H22N4O2/c1-17-13-10-11(15(20)21-3)4-5-12(13)14(16)19-8-6-18(2)7-9-19/h4-5,10,16-17H,6-9H2,1-3H3. The zero-order valence-electron chi connectivity index (χ0n) is 12.8. The predicted molar refractivity (Wildman–Crippen MR) is 83.2 cm³/mol. The highest BCUT2D eigenvalue weighted by molar-refractivity contribution is 6.03. The molecule has 0 spiro atoms. The van der Waals surface area contributed by atoms with Gasteiger partial charge in [-0.15, -0.1) is 0 Å². The third kappa shape index (κ3) is 3.33. The van der Waals surface area contributed by atoms with E-state index in [-0.39, 0.29) is 5.97 Å². The topological polar surface area (TPSA) is 68.7 Å². The molecule has 1 aromatic rings. The van der Waals surface area contributed by atoms with Gasteiger partial charge in [0.2, 0.25) is 0 Å². The minimum absolute atomic E-state index is 0.371. The number of benzene rings is 1. The van der Waals surface area contributed by atoms with Crippen molar-refractivity contribution in [3.63, 3.8) is 0 Å². The maximum Gasteiger partial charge on any atom is 0.337 e. The fourth-order valence-corrected chi connectivity index (χ4v) is 2.40. The van der Waals surface area contributed by atoms with Gasteiger partial charge in [0.15, 0.2) is 0 Å². The molecule has 1 fully saturated rings. The highest BCUT2D eigenvalue weighted by Crippen LogP contribution is 2.20. The number of carbonyl (C=O) groups is 1. The van der Waals surface area contributed by atoms with Crippen molar-refractivity contribution in [1.29, 1.82) is 5.41 Å². The van der Waals surface area contributed by atoms with Gasteiger partial charge in [0.05, 0.1) is 12.7 Å². The Kier molecular flexibility index (Phi) is 4.80. The largest absolute Gasteiger partial charge is 0.465 e. The van der Waals surface area contributed by atoms with Crippen LogP contribution >= 0.6 is 0 Å². The van der Waals surface area contributed by atoms with Crippen LogP contribution in [0, 0.1) is 5.41 Å². The lowest BCUT2D eigenvalue weighted by Gasteiger charge is -2.34. The molecule has 1 aliphatic rings. The molecule has 0 unspecified atom stereocenters. The number of rotatable bonds is 3.